The molecular formula is C11H12F3NO. The van der Waals surface area contributed by atoms with Gasteiger partial charge in [-0.05, 0) is 24.0 Å². The van der Waals surface area contributed by atoms with Crippen molar-refractivity contribution in [2.24, 2.45) is 5.92 Å². The maximum absolute atomic E-state index is 12.0. The number of alkyl halides is 3. The molecule has 1 aliphatic rings. The van der Waals surface area contributed by atoms with Gasteiger partial charge in [-0.3, -0.25) is 0 Å². The fourth-order valence-corrected chi connectivity index (χ4v) is 1.83. The smallest absolute Gasteiger partial charge is 0.406 e. The van der Waals surface area contributed by atoms with Crippen molar-refractivity contribution in [3.63, 3.8) is 0 Å². The number of ether oxygens (including phenoxy) is 1. The summed E-state index contributed by atoms with van der Waals surface area (Å²) in [6.45, 7) is 2.87. The number of fused-ring (bicyclic) bond motifs is 1. The first kappa shape index (κ1) is 11.1. The van der Waals surface area contributed by atoms with Crippen LogP contribution in [0.3, 0.4) is 0 Å². The molecule has 88 valence electrons. The molecular weight excluding hydrogens is 219 g/mol. The second kappa shape index (κ2) is 3.88. The van der Waals surface area contributed by atoms with Crippen molar-refractivity contribution in [2.75, 3.05) is 11.9 Å². The summed E-state index contributed by atoms with van der Waals surface area (Å²) in [5.41, 5.74) is 1.77. The molecule has 1 atom stereocenters. The van der Waals surface area contributed by atoms with Crippen LogP contribution in [0.25, 0.3) is 0 Å². The predicted octanol–water partition coefficient (Wildman–Crippen LogP) is 3.19. The second-order valence-electron chi connectivity index (χ2n) is 4.06. The Kier molecular flexibility index (Phi) is 2.69. The molecule has 0 radical (unpaired) electrons. The third-order valence-corrected chi connectivity index (χ3v) is 2.52. The first-order chi connectivity index (χ1) is 7.44. The zero-order valence-electron chi connectivity index (χ0n) is 8.77. The molecule has 16 heavy (non-hydrogen) atoms. The zero-order valence-corrected chi connectivity index (χ0v) is 8.77. The van der Waals surface area contributed by atoms with Crippen LogP contribution in [0.2, 0.25) is 0 Å². The fraction of sp³-hybridized carbons (Fsp3) is 0.455. The summed E-state index contributed by atoms with van der Waals surface area (Å²) in [7, 11) is 0. The van der Waals surface area contributed by atoms with Crippen LogP contribution in [0.1, 0.15) is 12.5 Å². The van der Waals surface area contributed by atoms with Gasteiger partial charge >= 0.3 is 6.36 Å². The minimum atomic E-state index is -4.63. The van der Waals surface area contributed by atoms with Crippen molar-refractivity contribution in [1.82, 2.24) is 0 Å². The lowest BCUT2D eigenvalue weighted by Crippen LogP contribution is -2.21. The molecule has 0 aliphatic carbocycles. The van der Waals surface area contributed by atoms with E-state index in [1.54, 1.807) is 6.07 Å². The van der Waals surface area contributed by atoms with E-state index in [4.69, 9.17) is 0 Å². The number of hydrogen-bond acceptors (Lipinski definition) is 2. The highest BCUT2D eigenvalue weighted by atomic mass is 19.4. The minimum absolute atomic E-state index is 0.173. The molecule has 1 heterocycles. The van der Waals surface area contributed by atoms with Crippen molar-refractivity contribution in [3.8, 4) is 5.75 Å². The molecule has 1 N–H and O–H groups in total. The predicted molar refractivity (Wildman–Crippen MR) is 54.5 cm³/mol. The summed E-state index contributed by atoms with van der Waals surface area (Å²) in [4.78, 5) is 0. The van der Waals surface area contributed by atoms with E-state index in [2.05, 4.69) is 17.0 Å². The van der Waals surface area contributed by atoms with Gasteiger partial charge in [-0.1, -0.05) is 13.0 Å². The summed E-state index contributed by atoms with van der Waals surface area (Å²) in [6, 6.07) is 4.43. The quantitative estimate of drug-likeness (QED) is 0.801. The summed E-state index contributed by atoms with van der Waals surface area (Å²) in [5, 5.41) is 3.09. The first-order valence-electron chi connectivity index (χ1n) is 5.06. The Morgan fingerprint density at radius 1 is 1.38 bits per heavy atom. The molecule has 2 rings (SSSR count). The molecule has 0 saturated heterocycles. The van der Waals surface area contributed by atoms with Gasteiger partial charge in [-0.25, -0.2) is 0 Å². The van der Waals surface area contributed by atoms with Gasteiger partial charge in [-0.15, -0.1) is 13.2 Å². The van der Waals surface area contributed by atoms with Crippen molar-refractivity contribution in [2.45, 2.75) is 19.7 Å². The van der Waals surface area contributed by atoms with Gasteiger partial charge in [0.2, 0.25) is 0 Å². The highest BCUT2D eigenvalue weighted by molar-refractivity contribution is 5.56. The van der Waals surface area contributed by atoms with E-state index in [-0.39, 0.29) is 5.75 Å². The van der Waals surface area contributed by atoms with E-state index in [0.29, 0.717) is 5.92 Å². The van der Waals surface area contributed by atoms with Gasteiger partial charge in [0.25, 0.3) is 0 Å². The lowest BCUT2D eigenvalue weighted by molar-refractivity contribution is -0.274. The summed E-state index contributed by atoms with van der Waals surface area (Å²) in [5.74, 6) is 0.329. The lowest BCUT2D eigenvalue weighted by Gasteiger charge is -2.23. The van der Waals surface area contributed by atoms with Crippen molar-refractivity contribution in [3.05, 3.63) is 23.8 Å². The highest BCUT2D eigenvalue weighted by Crippen LogP contribution is 2.31. The average Bonchev–Trinajstić information content (AvgIpc) is 2.16. The van der Waals surface area contributed by atoms with Crippen LogP contribution in [0.4, 0.5) is 18.9 Å². The van der Waals surface area contributed by atoms with Gasteiger partial charge in [0.05, 0.1) is 0 Å². The van der Waals surface area contributed by atoms with E-state index in [9.17, 15) is 13.2 Å². The molecule has 1 unspecified atom stereocenters. The Morgan fingerprint density at radius 3 is 2.81 bits per heavy atom. The number of nitrogens with one attached hydrogen (secondary N) is 1. The first-order valence-corrected chi connectivity index (χ1v) is 5.06. The zero-order chi connectivity index (χ0) is 11.8. The molecule has 0 spiro atoms. The molecule has 2 nitrogen and oxygen atoms in total. The number of hydrogen-bond donors (Lipinski definition) is 1. The molecule has 1 aliphatic heterocycles. The molecule has 0 amide bonds. The van der Waals surface area contributed by atoms with Crippen LogP contribution in [-0.2, 0) is 6.42 Å². The van der Waals surface area contributed by atoms with Gasteiger partial charge in [-0.2, -0.15) is 0 Å². The molecule has 1 aromatic carbocycles. The van der Waals surface area contributed by atoms with Crippen LogP contribution in [-0.4, -0.2) is 12.9 Å². The van der Waals surface area contributed by atoms with E-state index in [1.165, 1.54) is 12.1 Å². The minimum Gasteiger partial charge on any atom is -0.406 e. The summed E-state index contributed by atoms with van der Waals surface area (Å²) < 4.78 is 39.8. The monoisotopic (exact) mass is 231 g/mol. The molecule has 5 heteroatoms. The van der Waals surface area contributed by atoms with E-state index in [1.807, 2.05) is 0 Å². The van der Waals surface area contributed by atoms with Crippen LogP contribution in [0, 0.1) is 5.92 Å². The Bertz CT molecular complexity index is 389. The lowest BCUT2D eigenvalue weighted by atomic mass is 9.95. The van der Waals surface area contributed by atoms with Crippen LogP contribution in [0.5, 0.6) is 5.75 Å². The SMILES string of the molecule is CC1CNc2cc(OC(F)(F)F)ccc2C1. The number of benzene rings is 1. The van der Waals surface area contributed by atoms with Gasteiger partial charge in [0.1, 0.15) is 5.75 Å². The Labute approximate surface area is 91.4 Å². The van der Waals surface area contributed by atoms with Crippen LogP contribution < -0.4 is 10.1 Å². The molecule has 0 saturated carbocycles. The average molecular weight is 231 g/mol. The standard InChI is InChI=1S/C11H12F3NO/c1-7-4-8-2-3-9(16-11(12,13)14)5-10(8)15-6-7/h2-3,5,7,15H,4,6H2,1H3. The normalized spacial score (nSPS) is 19.9. The molecule has 0 fully saturated rings. The van der Waals surface area contributed by atoms with Crippen LogP contribution in [0.15, 0.2) is 18.2 Å². The Morgan fingerprint density at radius 2 is 2.12 bits per heavy atom. The maximum Gasteiger partial charge on any atom is 0.573 e. The topological polar surface area (TPSA) is 21.3 Å². The Hall–Kier alpha value is -1.39. The molecule has 0 bridgehead atoms. The second-order valence-corrected chi connectivity index (χ2v) is 4.06. The van der Waals surface area contributed by atoms with E-state index >= 15 is 0 Å². The fourth-order valence-electron chi connectivity index (χ4n) is 1.83. The van der Waals surface area contributed by atoms with E-state index in [0.717, 1.165) is 24.2 Å². The maximum atomic E-state index is 12.0. The summed E-state index contributed by atoms with van der Waals surface area (Å²) in [6.07, 6.45) is -3.75. The third-order valence-electron chi connectivity index (χ3n) is 2.52. The van der Waals surface area contributed by atoms with Gasteiger partial charge in [0, 0.05) is 18.3 Å². The van der Waals surface area contributed by atoms with E-state index < -0.39 is 6.36 Å². The summed E-state index contributed by atoms with van der Waals surface area (Å²) >= 11 is 0. The largest absolute Gasteiger partial charge is 0.573 e. The van der Waals surface area contributed by atoms with Crippen molar-refractivity contribution in [1.29, 1.82) is 0 Å². The molecule has 1 aromatic rings. The number of halogens is 3. The highest BCUT2D eigenvalue weighted by Gasteiger charge is 2.31. The van der Waals surface area contributed by atoms with Gasteiger partial charge < -0.3 is 10.1 Å². The Balaban J connectivity index is 2.20. The number of rotatable bonds is 1. The van der Waals surface area contributed by atoms with Crippen molar-refractivity contribution >= 4 is 5.69 Å². The molecule has 0 aromatic heterocycles. The third kappa shape index (κ3) is 2.59. The number of anilines is 1. The van der Waals surface area contributed by atoms with Gasteiger partial charge in [0.15, 0.2) is 0 Å². The van der Waals surface area contributed by atoms with Crippen molar-refractivity contribution < 1.29 is 17.9 Å². The van der Waals surface area contributed by atoms with Crippen LogP contribution >= 0.6 is 0 Å².